The highest BCUT2D eigenvalue weighted by molar-refractivity contribution is 9.10. The predicted molar refractivity (Wildman–Crippen MR) is 97.3 cm³/mol. The van der Waals surface area contributed by atoms with Crippen LogP contribution in [0.25, 0.3) is 0 Å². The van der Waals surface area contributed by atoms with Gasteiger partial charge in [0.05, 0.1) is 5.56 Å². The zero-order valence-corrected chi connectivity index (χ0v) is 15.0. The number of carbonyl (C=O) groups excluding carboxylic acids is 3. The fourth-order valence-corrected chi connectivity index (χ4v) is 2.48. The van der Waals surface area contributed by atoms with Crippen LogP contribution in [0.15, 0.2) is 59.1 Å². The molecule has 0 unspecified atom stereocenters. The lowest BCUT2D eigenvalue weighted by Crippen LogP contribution is -2.42. The normalized spacial score (nSPS) is 9.96. The van der Waals surface area contributed by atoms with Gasteiger partial charge in [0.15, 0.2) is 0 Å². The monoisotopic (exact) mass is 403 g/mol. The number of rotatable bonds is 6. The first-order valence-corrected chi connectivity index (χ1v) is 8.50. The molecule has 0 heterocycles. The van der Waals surface area contributed by atoms with Crippen molar-refractivity contribution in [2.45, 2.75) is 19.4 Å². The summed E-state index contributed by atoms with van der Waals surface area (Å²) in [6.07, 6.45) is 0.0282. The quantitative estimate of drug-likeness (QED) is 0.646. The summed E-state index contributed by atoms with van der Waals surface area (Å²) in [5.74, 6) is -1.10. The van der Waals surface area contributed by atoms with Gasteiger partial charge in [0.25, 0.3) is 5.91 Å². The van der Waals surface area contributed by atoms with Crippen molar-refractivity contribution in [3.8, 4) is 0 Å². The Morgan fingerprint density at radius 3 is 2.16 bits per heavy atom. The maximum Gasteiger partial charge on any atom is 0.270 e. The largest absolute Gasteiger partial charge is 0.352 e. The lowest BCUT2D eigenvalue weighted by molar-refractivity contribution is -0.126. The van der Waals surface area contributed by atoms with Gasteiger partial charge in [-0.3, -0.25) is 25.2 Å². The van der Waals surface area contributed by atoms with Gasteiger partial charge in [-0.25, -0.2) is 0 Å². The Kier molecular flexibility index (Phi) is 7.16. The highest BCUT2D eigenvalue weighted by atomic mass is 79.9. The molecule has 0 radical (unpaired) electrons. The summed E-state index contributed by atoms with van der Waals surface area (Å²) in [5, 5.41) is 2.74. The van der Waals surface area contributed by atoms with E-state index in [1.165, 1.54) is 0 Å². The van der Waals surface area contributed by atoms with Crippen molar-refractivity contribution in [3.05, 3.63) is 70.2 Å². The van der Waals surface area contributed by atoms with E-state index in [0.29, 0.717) is 16.6 Å². The molecule has 3 N–H and O–H groups in total. The van der Waals surface area contributed by atoms with Crippen LogP contribution in [0, 0.1) is 0 Å². The van der Waals surface area contributed by atoms with Gasteiger partial charge in [-0.2, -0.15) is 0 Å². The maximum absolute atomic E-state index is 11.9. The van der Waals surface area contributed by atoms with Crippen LogP contribution in [0.2, 0.25) is 0 Å². The van der Waals surface area contributed by atoms with Crippen LogP contribution in [0.1, 0.15) is 28.8 Å². The number of halogens is 1. The molecule has 0 aliphatic carbocycles. The molecule has 3 amide bonds. The van der Waals surface area contributed by atoms with Crippen molar-refractivity contribution < 1.29 is 14.4 Å². The van der Waals surface area contributed by atoms with Crippen LogP contribution in [0.3, 0.4) is 0 Å². The highest BCUT2D eigenvalue weighted by Crippen LogP contribution is 2.15. The van der Waals surface area contributed by atoms with E-state index in [-0.39, 0.29) is 18.7 Å². The van der Waals surface area contributed by atoms with Gasteiger partial charge < -0.3 is 5.32 Å². The van der Waals surface area contributed by atoms with Gasteiger partial charge in [0.1, 0.15) is 0 Å². The minimum atomic E-state index is -0.436. The summed E-state index contributed by atoms with van der Waals surface area (Å²) < 4.78 is 0.627. The first-order chi connectivity index (χ1) is 12.1. The molecule has 0 atom stereocenters. The molecule has 6 nitrogen and oxygen atoms in total. The Balaban J connectivity index is 1.67. The lowest BCUT2D eigenvalue weighted by Gasteiger charge is -2.09. The molecule has 2 rings (SSSR count). The Morgan fingerprint density at radius 1 is 0.800 bits per heavy atom. The molecule has 0 spiro atoms. The SMILES string of the molecule is O=C(CCC(=O)NNC(=O)c1ccccc1Br)NCc1ccccc1. The molecule has 0 saturated heterocycles. The molecule has 0 fully saturated rings. The second-order valence-corrected chi connectivity index (χ2v) is 6.10. The van der Waals surface area contributed by atoms with E-state index in [4.69, 9.17) is 0 Å². The van der Waals surface area contributed by atoms with Gasteiger partial charge >= 0.3 is 0 Å². The Labute approximate surface area is 154 Å². The summed E-state index contributed by atoms with van der Waals surface area (Å²) in [6, 6.07) is 16.4. The minimum Gasteiger partial charge on any atom is -0.352 e. The molecular formula is C18H18BrN3O3. The number of amides is 3. The van der Waals surface area contributed by atoms with Crippen LogP contribution in [-0.4, -0.2) is 17.7 Å². The molecule has 0 bridgehead atoms. The molecule has 130 valence electrons. The van der Waals surface area contributed by atoms with E-state index in [0.717, 1.165) is 5.56 Å². The number of hydrogen-bond donors (Lipinski definition) is 3. The molecule has 0 aliphatic heterocycles. The number of nitrogens with one attached hydrogen (secondary N) is 3. The predicted octanol–water partition coefficient (Wildman–Crippen LogP) is 2.31. The summed E-state index contributed by atoms with van der Waals surface area (Å²) in [5.41, 5.74) is 6.01. The van der Waals surface area contributed by atoms with E-state index in [9.17, 15) is 14.4 Å². The first-order valence-electron chi connectivity index (χ1n) is 7.70. The molecule has 2 aromatic rings. The first kappa shape index (κ1) is 18.7. The minimum absolute atomic E-state index is 0.0170. The van der Waals surface area contributed by atoms with Crippen LogP contribution < -0.4 is 16.2 Å². The second-order valence-electron chi connectivity index (χ2n) is 5.24. The van der Waals surface area contributed by atoms with Crippen molar-refractivity contribution in [3.63, 3.8) is 0 Å². The summed E-state index contributed by atoms with van der Waals surface area (Å²) >= 11 is 3.26. The summed E-state index contributed by atoms with van der Waals surface area (Å²) in [7, 11) is 0. The molecule has 2 aromatic carbocycles. The van der Waals surface area contributed by atoms with Crippen molar-refractivity contribution in [1.82, 2.24) is 16.2 Å². The van der Waals surface area contributed by atoms with E-state index in [2.05, 4.69) is 32.1 Å². The smallest absolute Gasteiger partial charge is 0.270 e. The van der Waals surface area contributed by atoms with Crippen LogP contribution in [0.5, 0.6) is 0 Å². The average molecular weight is 404 g/mol. The topological polar surface area (TPSA) is 87.3 Å². The van der Waals surface area contributed by atoms with Crippen molar-refractivity contribution in [2.75, 3.05) is 0 Å². The van der Waals surface area contributed by atoms with Crippen LogP contribution >= 0.6 is 15.9 Å². The lowest BCUT2D eigenvalue weighted by atomic mass is 10.2. The van der Waals surface area contributed by atoms with Crippen molar-refractivity contribution >= 4 is 33.7 Å². The maximum atomic E-state index is 11.9. The number of carbonyl (C=O) groups is 3. The van der Waals surface area contributed by atoms with Gasteiger partial charge in [0, 0.05) is 23.9 Å². The zero-order chi connectivity index (χ0) is 18.1. The van der Waals surface area contributed by atoms with Gasteiger partial charge in [-0.1, -0.05) is 42.5 Å². The van der Waals surface area contributed by atoms with E-state index in [1.807, 2.05) is 30.3 Å². The molecular weight excluding hydrogens is 386 g/mol. The standard InChI is InChI=1S/C18H18BrN3O3/c19-15-9-5-4-8-14(15)18(25)22-21-17(24)11-10-16(23)20-12-13-6-2-1-3-7-13/h1-9H,10-12H2,(H,20,23)(H,21,24)(H,22,25). The Morgan fingerprint density at radius 2 is 1.44 bits per heavy atom. The van der Waals surface area contributed by atoms with E-state index in [1.54, 1.807) is 24.3 Å². The zero-order valence-electron chi connectivity index (χ0n) is 13.4. The number of hydrogen-bond acceptors (Lipinski definition) is 3. The van der Waals surface area contributed by atoms with Crippen LogP contribution in [-0.2, 0) is 16.1 Å². The summed E-state index contributed by atoms with van der Waals surface area (Å²) in [4.78, 5) is 35.4. The molecule has 25 heavy (non-hydrogen) atoms. The highest BCUT2D eigenvalue weighted by Gasteiger charge is 2.11. The van der Waals surface area contributed by atoms with Gasteiger partial charge in [-0.05, 0) is 33.6 Å². The Hall–Kier alpha value is -2.67. The molecule has 0 aliphatic rings. The number of benzene rings is 2. The second kappa shape index (κ2) is 9.58. The molecule has 0 aromatic heterocycles. The molecule has 7 heteroatoms. The van der Waals surface area contributed by atoms with E-state index >= 15 is 0 Å². The fraction of sp³-hybridized carbons (Fsp3) is 0.167. The third-order valence-electron chi connectivity index (χ3n) is 3.35. The van der Waals surface area contributed by atoms with Gasteiger partial charge in [-0.15, -0.1) is 0 Å². The average Bonchev–Trinajstić information content (AvgIpc) is 2.64. The van der Waals surface area contributed by atoms with E-state index < -0.39 is 11.8 Å². The van der Waals surface area contributed by atoms with Crippen LogP contribution in [0.4, 0.5) is 0 Å². The third kappa shape index (κ3) is 6.39. The third-order valence-corrected chi connectivity index (χ3v) is 4.04. The van der Waals surface area contributed by atoms with Gasteiger partial charge in [0.2, 0.25) is 11.8 Å². The van der Waals surface area contributed by atoms with Crippen molar-refractivity contribution in [1.29, 1.82) is 0 Å². The fourth-order valence-electron chi connectivity index (χ4n) is 2.01. The Bertz CT molecular complexity index is 750. The molecule has 0 saturated carbocycles. The summed E-state index contributed by atoms with van der Waals surface area (Å²) in [6.45, 7) is 0.417. The number of hydrazine groups is 1. The van der Waals surface area contributed by atoms with Crippen molar-refractivity contribution in [2.24, 2.45) is 0 Å².